The van der Waals surface area contributed by atoms with Crippen LogP contribution in [0.2, 0.25) is 0 Å². The highest BCUT2D eigenvalue weighted by Crippen LogP contribution is 1.92. The van der Waals surface area contributed by atoms with Crippen molar-refractivity contribution in [2.24, 2.45) is 11.5 Å². The minimum absolute atomic E-state index is 0.653. The van der Waals surface area contributed by atoms with E-state index in [0.29, 0.717) is 5.82 Å². The van der Waals surface area contributed by atoms with Gasteiger partial charge in [0.25, 0.3) is 0 Å². The molecule has 0 heterocycles. The van der Waals surface area contributed by atoms with Gasteiger partial charge in [-0.05, 0) is 13.8 Å². The zero-order valence-electron chi connectivity index (χ0n) is 6.09. The first-order valence-corrected chi connectivity index (χ1v) is 3.18. The molecule has 0 spiro atoms. The van der Waals surface area contributed by atoms with Crippen LogP contribution in [0.5, 0.6) is 0 Å². The molecule has 0 aromatic rings. The van der Waals surface area contributed by atoms with Crippen LogP contribution in [0, 0.1) is 0 Å². The molecule has 3 heteroatoms. The maximum Gasteiger partial charge on any atom is 0.115 e. The van der Waals surface area contributed by atoms with E-state index < -0.39 is 0 Å². The highest BCUT2D eigenvalue weighted by atomic mass is 15.2. The van der Waals surface area contributed by atoms with Crippen molar-refractivity contribution in [3.8, 4) is 0 Å². The number of hydrogen-bond donors (Lipinski definition) is 2. The van der Waals surface area contributed by atoms with Crippen molar-refractivity contribution < 1.29 is 0 Å². The van der Waals surface area contributed by atoms with Gasteiger partial charge in [-0.15, -0.1) is 0 Å². The van der Waals surface area contributed by atoms with Crippen LogP contribution in [0.15, 0.2) is 12.0 Å². The van der Waals surface area contributed by atoms with Crippen molar-refractivity contribution in [2.75, 3.05) is 13.1 Å². The monoisotopic (exact) mass is 129 g/mol. The van der Waals surface area contributed by atoms with Gasteiger partial charge >= 0.3 is 0 Å². The third kappa shape index (κ3) is 2.26. The summed E-state index contributed by atoms with van der Waals surface area (Å²) < 4.78 is 0. The second kappa shape index (κ2) is 4.06. The number of nitrogens with zero attached hydrogens (tertiary/aromatic N) is 1. The maximum atomic E-state index is 5.50. The summed E-state index contributed by atoms with van der Waals surface area (Å²) in [6.45, 7) is 5.91. The van der Waals surface area contributed by atoms with Gasteiger partial charge in [0.15, 0.2) is 0 Å². The van der Waals surface area contributed by atoms with E-state index in [9.17, 15) is 0 Å². The molecule has 0 aliphatic carbocycles. The fourth-order valence-electron chi connectivity index (χ4n) is 0.694. The van der Waals surface area contributed by atoms with Crippen LogP contribution in [0.4, 0.5) is 0 Å². The molecular weight excluding hydrogens is 114 g/mol. The molecule has 0 fully saturated rings. The van der Waals surface area contributed by atoms with E-state index in [0.717, 1.165) is 13.1 Å². The SMILES string of the molecule is CCN(CC)/C(N)=C/N. The lowest BCUT2D eigenvalue weighted by atomic mass is 10.5. The van der Waals surface area contributed by atoms with Gasteiger partial charge in [0, 0.05) is 19.3 Å². The summed E-state index contributed by atoms with van der Waals surface area (Å²) in [4.78, 5) is 1.99. The molecule has 0 aliphatic rings. The van der Waals surface area contributed by atoms with E-state index in [1.807, 2.05) is 18.7 Å². The predicted octanol–water partition coefficient (Wildman–Crippen LogP) is 0.0445. The standard InChI is InChI=1S/C6H15N3/c1-3-9(4-2)6(8)5-7/h5H,3-4,7-8H2,1-2H3/b6-5+. The van der Waals surface area contributed by atoms with Crippen LogP contribution in [-0.2, 0) is 0 Å². The zero-order valence-corrected chi connectivity index (χ0v) is 6.09. The van der Waals surface area contributed by atoms with Crippen molar-refractivity contribution in [1.82, 2.24) is 4.90 Å². The Labute approximate surface area is 56.3 Å². The molecule has 0 saturated carbocycles. The van der Waals surface area contributed by atoms with E-state index in [4.69, 9.17) is 11.5 Å². The fraction of sp³-hybridized carbons (Fsp3) is 0.667. The summed E-state index contributed by atoms with van der Waals surface area (Å²) in [6.07, 6.45) is 1.42. The van der Waals surface area contributed by atoms with Crippen molar-refractivity contribution in [1.29, 1.82) is 0 Å². The molecule has 0 atom stereocenters. The molecule has 0 rings (SSSR count). The molecule has 0 unspecified atom stereocenters. The smallest absolute Gasteiger partial charge is 0.115 e. The molecule has 0 saturated heterocycles. The van der Waals surface area contributed by atoms with Crippen molar-refractivity contribution >= 4 is 0 Å². The Morgan fingerprint density at radius 3 is 2.00 bits per heavy atom. The maximum absolute atomic E-state index is 5.50. The number of rotatable bonds is 3. The van der Waals surface area contributed by atoms with Crippen LogP contribution in [0.25, 0.3) is 0 Å². The predicted molar refractivity (Wildman–Crippen MR) is 39.4 cm³/mol. The van der Waals surface area contributed by atoms with Crippen molar-refractivity contribution in [3.05, 3.63) is 12.0 Å². The number of hydrogen-bond acceptors (Lipinski definition) is 3. The molecular formula is C6H15N3. The second-order valence-corrected chi connectivity index (χ2v) is 1.76. The summed E-state index contributed by atoms with van der Waals surface area (Å²) in [7, 11) is 0. The summed E-state index contributed by atoms with van der Waals surface area (Å²) in [5.74, 6) is 0.653. The first-order chi connectivity index (χ1) is 4.26. The van der Waals surface area contributed by atoms with Gasteiger partial charge in [-0.2, -0.15) is 0 Å². The molecule has 54 valence electrons. The topological polar surface area (TPSA) is 55.3 Å². The summed E-state index contributed by atoms with van der Waals surface area (Å²) in [6, 6.07) is 0. The third-order valence-electron chi connectivity index (χ3n) is 1.30. The Bertz CT molecular complexity index is 94.5. The summed E-state index contributed by atoms with van der Waals surface area (Å²) >= 11 is 0. The van der Waals surface area contributed by atoms with Crippen molar-refractivity contribution in [2.45, 2.75) is 13.8 Å². The van der Waals surface area contributed by atoms with Crippen LogP contribution in [0.1, 0.15) is 13.8 Å². The van der Waals surface area contributed by atoms with Crippen LogP contribution >= 0.6 is 0 Å². The van der Waals surface area contributed by atoms with Crippen molar-refractivity contribution in [3.63, 3.8) is 0 Å². The Hall–Kier alpha value is -0.860. The molecule has 9 heavy (non-hydrogen) atoms. The third-order valence-corrected chi connectivity index (χ3v) is 1.30. The van der Waals surface area contributed by atoms with E-state index in [-0.39, 0.29) is 0 Å². The van der Waals surface area contributed by atoms with Gasteiger partial charge in [0.1, 0.15) is 5.82 Å². The number of nitrogens with two attached hydrogens (primary N) is 2. The average Bonchev–Trinajstić information content (AvgIpc) is 1.90. The molecule has 0 aromatic carbocycles. The lowest BCUT2D eigenvalue weighted by molar-refractivity contribution is 0.377. The minimum atomic E-state index is 0.653. The molecule has 0 aliphatic heterocycles. The molecule has 0 bridgehead atoms. The van der Waals surface area contributed by atoms with Crippen LogP contribution < -0.4 is 11.5 Å². The summed E-state index contributed by atoms with van der Waals surface area (Å²) in [5.41, 5.74) is 10.7. The van der Waals surface area contributed by atoms with E-state index in [2.05, 4.69) is 0 Å². The van der Waals surface area contributed by atoms with Gasteiger partial charge in [-0.3, -0.25) is 0 Å². The quantitative estimate of drug-likeness (QED) is 0.566. The Balaban J connectivity index is 3.79. The molecule has 0 aromatic heterocycles. The van der Waals surface area contributed by atoms with Gasteiger partial charge in [-0.1, -0.05) is 0 Å². The first kappa shape index (κ1) is 8.14. The van der Waals surface area contributed by atoms with Gasteiger partial charge in [0.2, 0.25) is 0 Å². The fourth-order valence-corrected chi connectivity index (χ4v) is 0.694. The van der Waals surface area contributed by atoms with E-state index in [1.54, 1.807) is 0 Å². The normalized spacial score (nSPS) is 11.6. The van der Waals surface area contributed by atoms with Gasteiger partial charge in [0.05, 0.1) is 0 Å². The largest absolute Gasteiger partial charge is 0.402 e. The molecule has 4 N–H and O–H groups in total. The van der Waals surface area contributed by atoms with E-state index in [1.165, 1.54) is 6.20 Å². The summed E-state index contributed by atoms with van der Waals surface area (Å²) in [5, 5.41) is 0. The first-order valence-electron chi connectivity index (χ1n) is 3.18. The lowest BCUT2D eigenvalue weighted by Gasteiger charge is -2.19. The van der Waals surface area contributed by atoms with Crippen LogP contribution in [-0.4, -0.2) is 18.0 Å². The van der Waals surface area contributed by atoms with E-state index >= 15 is 0 Å². The van der Waals surface area contributed by atoms with Crippen LogP contribution in [0.3, 0.4) is 0 Å². The highest BCUT2D eigenvalue weighted by molar-refractivity contribution is 4.91. The molecule has 0 amide bonds. The average molecular weight is 129 g/mol. The Morgan fingerprint density at radius 1 is 1.44 bits per heavy atom. The Morgan fingerprint density at radius 2 is 1.89 bits per heavy atom. The molecule has 3 nitrogen and oxygen atoms in total. The second-order valence-electron chi connectivity index (χ2n) is 1.76. The Kier molecular flexibility index (Phi) is 3.67. The van der Waals surface area contributed by atoms with Gasteiger partial charge in [-0.25, -0.2) is 0 Å². The lowest BCUT2D eigenvalue weighted by Crippen LogP contribution is -2.27. The highest BCUT2D eigenvalue weighted by Gasteiger charge is 1.96. The zero-order chi connectivity index (χ0) is 7.28. The molecule has 0 radical (unpaired) electrons. The minimum Gasteiger partial charge on any atom is -0.402 e. The van der Waals surface area contributed by atoms with Gasteiger partial charge < -0.3 is 16.4 Å².